The lowest BCUT2D eigenvalue weighted by Gasteiger charge is -2.30. The van der Waals surface area contributed by atoms with Gasteiger partial charge < -0.3 is 14.4 Å². The molecule has 0 bridgehead atoms. The lowest BCUT2D eigenvalue weighted by atomic mass is 9.84. The standard InChI is InChI=1S/C23H23NO6/c1-4-30-23(28)20(26)13-18(15-8-7-9-16(12-15)29-3)21-22(27)17-10-5-6-11-19(17)24(21)14(2)25/h5-12,18,21H,4,13H2,1-3H3/t18-,21+/m1/s1. The molecule has 1 aliphatic heterocycles. The van der Waals surface area contributed by atoms with Crippen LogP contribution in [0.1, 0.15) is 42.1 Å². The van der Waals surface area contributed by atoms with E-state index in [1.54, 1.807) is 55.5 Å². The maximum Gasteiger partial charge on any atom is 0.374 e. The van der Waals surface area contributed by atoms with E-state index in [1.165, 1.54) is 18.9 Å². The number of ketones is 2. The molecule has 7 nitrogen and oxygen atoms in total. The summed E-state index contributed by atoms with van der Waals surface area (Å²) in [6, 6.07) is 12.8. The highest BCUT2D eigenvalue weighted by Crippen LogP contribution is 2.40. The average Bonchev–Trinajstić information content (AvgIpc) is 3.04. The predicted octanol–water partition coefficient (Wildman–Crippen LogP) is 2.92. The molecule has 2 aromatic carbocycles. The molecule has 0 N–H and O–H groups in total. The lowest BCUT2D eigenvalue weighted by Crippen LogP contribution is -2.44. The van der Waals surface area contributed by atoms with Crippen LogP contribution in [0.25, 0.3) is 0 Å². The van der Waals surface area contributed by atoms with Crippen molar-refractivity contribution in [1.82, 2.24) is 0 Å². The van der Waals surface area contributed by atoms with E-state index in [2.05, 4.69) is 0 Å². The minimum atomic E-state index is -0.956. The van der Waals surface area contributed by atoms with Gasteiger partial charge in [-0.05, 0) is 36.8 Å². The van der Waals surface area contributed by atoms with Gasteiger partial charge >= 0.3 is 5.97 Å². The van der Waals surface area contributed by atoms with Crippen molar-refractivity contribution in [3.8, 4) is 5.75 Å². The fourth-order valence-corrected chi connectivity index (χ4v) is 3.83. The minimum Gasteiger partial charge on any atom is -0.497 e. The number of hydrogen-bond acceptors (Lipinski definition) is 6. The van der Waals surface area contributed by atoms with Crippen LogP contribution in [0.3, 0.4) is 0 Å². The van der Waals surface area contributed by atoms with E-state index in [0.29, 0.717) is 22.6 Å². The van der Waals surface area contributed by atoms with Crippen molar-refractivity contribution < 1.29 is 28.7 Å². The van der Waals surface area contributed by atoms with Crippen molar-refractivity contribution in [3.63, 3.8) is 0 Å². The Hall–Kier alpha value is -3.48. The number of hydrogen-bond donors (Lipinski definition) is 0. The van der Waals surface area contributed by atoms with Crippen LogP contribution in [0.15, 0.2) is 48.5 Å². The van der Waals surface area contributed by atoms with Gasteiger partial charge in [-0.3, -0.25) is 14.4 Å². The molecular formula is C23H23NO6. The lowest BCUT2D eigenvalue weighted by molar-refractivity contribution is -0.153. The van der Waals surface area contributed by atoms with Crippen LogP contribution >= 0.6 is 0 Å². The van der Waals surface area contributed by atoms with E-state index in [1.807, 2.05) is 0 Å². The third kappa shape index (κ3) is 3.96. The molecule has 0 unspecified atom stereocenters. The molecule has 0 fully saturated rings. The van der Waals surface area contributed by atoms with Crippen molar-refractivity contribution in [2.75, 3.05) is 18.6 Å². The highest BCUT2D eigenvalue weighted by atomic mass is 16.5. The zero-order valence-electron chi connectivity index (χ0n) is 17.1. The second kappa shape index (κ2) is 8.90. The van der Waals surface area contributed by atoms with E-state index in [9.17, 15) is 19.2 Å². The van der Waals surface area contributed by atoms with Gasteiger partial charge in [0.25, 0.3) is 0 Å². The normalized spacial score (nSPS) is 16.0. The molecule has 0 saturated heterocycles. The molecular weight excluding hydrogens is 386 g/mol. The molecule has 0 saturated carbocycles. The van der Waals surface area contributed by atoms with E-state index >= 15 is 0 Å². The van der Waals surface area contributed by atoms with Crippen molar-refractivity contribution in [1.29, 1.82) is 0 Å². The summed E-state index contributed by atoms with van der Waals surface area (Å²) in [7, 11) is 1.51. The fraction of sp³-hybridized carbons (Fsp3) is 0.304. The number of benzene rings is 2. The van der Waals surface area contributed by atoms with Crippen molar-refractivity contribution >= 4 is 29.1 Å². The Balaban J connectivity index is 2.09. The van der Waals surface area contributed by atoms with Crippen molar-refractivity contribution in [2.45, 2.75) is 32.2 Å². The summed E-state index contributed by atoms with van der Waals surface area (Å²) in [5.74, 6) is -2.51. The molecule has 2 aromatic rings. The molecule has 3 rings (SSSR count). The number of ether oxygens (including phenoxy) is 2. The van der Waals surface area contributed by atoms with Gasteiger partial charge in [0.05, 0.1) is 19.4 Å². The molecule has 30 heavy (non-hydrogen) atoms. The number of Topliss-reactive ketones (excluding diaryl/α,β-unsaturated/α-hetero) is 2. The van der Waals surface area contributed by atoms with Gasteiger partial charge in [-0.15, -0.1) is 0 Å². The number of nitrogens with zero attached hydrogens (tertiary/aromatic N) is 1. The Morgan fingerprint density at radius 3 is 2.50 bits per heavy atom. The first-order chi connectivity index (χ1) is 14.4. The van der Waals surface area contributed by atoms with Gasteiger partial charge in [0.15, 0.2) is 5.78 Å². The monoisotopic (exact) mass is 409 g/mol. The van der Waals surface area contributed by atoms with Crippen LogP contribution in [-0.2, 0) is 19.1 Å². The number of para-hydroxylation sites is 1. The van der Waals surface area contributed by atoms with Gasteiger partial charge in [0.1, 0.15) is 11.8 Å². The van der Waals surface area contributed by atoms with Crippen LogP contribution in [-0.4, -0.2) is 43.2 Å². The number of carbonyl (C=O) groups excluding carboxylic acids is 4. The SMILES string of the molecule is CCOC(=O)C(=O)C[C@H](c1cccc(OC)c1)[C@H]1C(=O)c2ccccc2N1C(C)=O. The summed E-state index contributed by atoms with van der Waals surface area (Å²) in [5, 5.41) is 0. The molecule has 1 amide bonds. The van der Waals surface area contributed by atoms with E-state index in [0.717, 1.165) is 0 Å². The van der Waals surface area contributed by atoms with Crippen molar-refractivity contribution in [3.05, 3.63) is 59.7 Å². The van der Waals surface area contributed by atoms with Gasteiger partial charge in [-0.2, -0.15) is 0 Å². The summed E-state index contributed by atoms with van der Waals surface area (Å²) in [6.07, 6.45) is -0.278. The summed E-state index contributed by atoms with van der Waals surface area (Å²) in [5.41, 5.74) is 1.52. The van der Waals surface area contributed by atoms with E-state index in [-0.39, 0.29) is 24.7 Å². The maximum absolute atomic E-state index is 13.3. The van der Waals surface area contributed by atoms with E-state index < -0.39 is 23.7 Å². The highest BCUT2D eigenvalue weighted by molar-refractivity contribution is 6.34. The second-order valence-corrected chi connectivity index (χ2v) is 6.95. The first-order valence-corrected chi connectivity index (χ1v) is 9.66. The second-order valence-electron chi connectivity index (χ2n) is 6.95. The summed E-state index contributed by atoms with van der Waals surface area (Å²) in [4.78, 5) is 51.8. The fourth-order valence-electron chi connectivity index (χ4n) is 3.83. The highest BCUT2D eigenvalue weighted by Gasteiger charge is 2.45. The number of rotatable bonds is 7. The molecule has 0 spiro atoms. The molecule has 1 heterocycles. The zero-order valence-corrected chi connectivity index (χ0v) is 17.1. The smallest absolute Gasteiger partial charge is 0.374 e. The predicted molar refractivity (Wildman–Crippen MR) is 110 cm³/mol. The number of fused-ring (bicyclic) bond motifs is 1. The summed E-state index contributed by atoms with van der Waals surface area (Å²) < 4.78 is 10.1. The van der Waals surface area contributed by atoms with Gasteiger partial charge in [0.2, 0.25) is 11.7 Å². The van der Waals surface area contributed by atoms with Gasteiger partial charge in [0, 0.05) is 24.8 Å². The molecule has 0 aliphatic carbocycles. The minimum absolute atomic E-state index is 0.0712. The van der Waals surface area contributed by atoms with Gasteiger partial charge in [-0.25, -0.2) is 4.79 Å². The summed E-state index contributed by atoms with van der Waals surface area (Å²) >= 11 is 0. The molecule has 1 aliphatic rings. The topological polar surface area (TPSA) is 90.0 Å². The van der Waals surface area contributed by atoms with E-state index in [4.69, 9.17) is 9.47 Å². The van der Waals surface area contributed by atoms with Crippen LogP contribution in [0.2, 0.25) is 0 Å². The Morgan fingerprint density at radius 1 is 1.10 bits per heavy atom. The van der Waals surface area contributed by atoms with Crippen LogP contribution in [0.4, 0.5) is 5.69 Å². The number of methoxy groups -OCH3 is 1. The van der Waals surface area contributed by atoms with Crippen LogP contribution in [0, 0.1) is 0 Å². The number of esters is 1. The quantitative estimate of drug-likeness (QED) is 0.516. The third-order valence-electron chi connectivity index (χ3n) is 5.13. The largest absolute Gasteiger partial charge is 0.497 e. The first-order valence-electron chi connectivity index (χ1n) is 9.66. The number of carbonyl (C=O) groups is 4. The Morgan fingerprint density at radius 2 is 1.83 bits per heavy atom. The summed E-state index contributed by atoms with van der Waals surface area (Å²) in [6.45, 7) is 3.05. The molecule has 0 radical (unpaired) electrons. The average molecular weight is 409 g/mol. The number of amides is 1. The Labute approximate surface area is 174 Å². The molecule has 156 valence electrons. The third-order valence-corrected chi connectivity index (χ3v) is 5.13. The molecule has 7 heteroatoms. The zero-order chi connectivity index (χ0) is 21.8. The Bertz CT molecular complexity index is 999. The first kappa shape index (κ1) is 21.2. The Kier molecular flexibility index (Phi) is 6.30. The van der Waals surface area contributed by atoms with Crippen molar-refractivity contribution in [2.24, 2.45) is 0 Å². The maximum atomic E-state index is 13.3. The van der Waals surface area contributed by atoms with Crippen LogP contribution < -0.4 is 9.64 Å². The molecule has 0 aromatic heterocycles. The number of anilines is 1. The molecule has 2 atom stereocenters. The van der Waals surface area contributed by atoms with Crippen LogP contribution in [0.5, 0.6) is 5.75 Å². The van der Waals surface area contributed by atoms with Gasteiger partial charge in [-0.1, -0.05) is 24.3 Å².